The maximum Gasteiger partial charge on any atom is 0.365 e. The number of likely N-dealkylation sites (tertiary alicyclic amines) is 1. The predicted octanol–water partition coefficient (Wildman–Crippen LogP) is 2.34. The number of amides is 3. The van der Waals surface area contributed by atoms with Crippen LogP contribution in [0.5, 0.6) is 5.88 Å². The van der Waals surface area contributed by atoms with Crippen LogP contribution in [0.15, 0.2) is 54.0 Å². The van der Waals surface area contributed by atoms with Crippen LogP contribution in [-0.4, -0.2) is 66.9 Å². The summed E-state index contributed by atoms with van der Waals surface area (Å²) in [6, 6.07) is 10.8. The summed E-state index contributed by atoms with van der Waals surface area (Å²) >= 11 is 6.04. The number of allylic oxidation sites excluding steroid dienone is 1. The highest BCUT2D eigenvalue weighted by atomic mass is 35.5. The van der Waals surface area contributed by atoms with Crippen molar-refractivity contribution in [1.82, 2.24) is 25.8 Å². The third kappa shape index (κ3) is 9.62. The number of nitrogens with one attached hydrogen (secondary N) is 3. The van der Waals surface area contributed by atoms with E-state index in [1.807, 2.05) is 44.2 Å². The fourth-order valence-corrected chi connectivity index (χ4v) is 4.30. The molecular weight excluding hydrogens is 532 g/mol. The van der Waals surface area contributed by atoms with Gasteiger partial charge < -0.3 is 25.6 Å². The molecule has 11 heteroatoms. The van der Waals surface area contributed by atoms with Crippen LogP contribution in [-0.2, 0) is 9.59 Å². The molecule has 0 radical (unpaired) electrons. The standard InChI is InChI=1S/C29H39ClN6O4/c1-5-40-28-23(16-21(30)18-32-28)26(38)33-19-29(3,4)17-24(37)35-25(20(2)31-12-15-36-13-9-14-36)27(39)34-22-10-7-6-8-11-22/h6-8,10-11,16,18,31H,5,9,12-15,17,19H2,1-4H3,(H,33,38)(H,34,39)(H,35,37)/p+1/b25-20+. The lowest BCUT2D eigenvalue weighted by Crippen LogP contribution is -2.83. The minimum atomic E-state index is -0.617. The van der Waals surface area contributed by atoms with Crippen molar-refractivity contribution in [3.05, 3.63) is 64.6 Å². The van der Waals surface area contributed by atoms with Crippen LogP contribution in [0.1, 0.15) is 50.9 Å². The Morgan fingerprint density at radius 2 is 1.88 bits per heavy atom. The summed E-state index contributed by atoms with van der Waals surface area (Å²) in [6.45, 7) is 11.6. The van der Waals surface area contributed by atoms with Crippen molar-refractivity contribution in [2.24, 2.45) is 5.41 Å². The van der Waals surface area contributed by atoms with Gasteiger partial charge in [-0.15, -0.1) is 0 Å². The lowest BCUT2D eigenvalue weighted by atomic mass is 9.88. The highest BCUT2D eigenvalue weighted by Gasteiger charge is 2.27. The van der Waals surface area contributed by atoms with E-state index in [-0.39, 0.29) is 41.9 Å². The van der Waals surface area contributed by atoms with Gasteiger partial charge in [-0.05, 0) is 57.0 Å². The maximum absolute atomic E-state index is 13.2. The number of halogens is 1. The summed E-state index contributed by atoms with van der Waals surface area (Å²) in [4.78, 5) is 45.7. The molecule has 2 aromatic rings. The molecule has 5 N–H and O–H groups in total. The quantitative estimate of drug-likeness (QED) is 0.202. The molecule has 10 nitrogen and oxygen atoms in total. The van der Waals surface area contributed by atoms with Gasteiger partial charge in [0.05, 0.1) is 11.6 Å². The van der Waals surface area contributed by atoms with E-state index < -0.39 is 11.3 Å². The van der Waals surface area contributed by atoms with Crippen LogP contribution in [0.4, 0.5) is 5.69 Å². The van der Waals surface area contributed by atoms with E-state index in [9.17, 15) is 14.4 Å². The zero-order valence-electron chi connectivity index (χ0n) is 23.7. The van der Waals surface area contributed by atoms with Crippen LogP contribution >= 0.6 is 11.6 Å². The molecule has 2 heterocycles. The molecule has 0 aliphatic carbocycles. The van der Waals surface area contributed by atoms with Gasteiger partial charge in [0.15, 0.2) is 5.70 Å². The number of carbonyl (C=O) groups excluding carboxylic acids is 3. The van der Waals surface area contributed by atoms with Gasteiger partial charge in [-0.25, -0.2) is 15.1 Å². The molecule has 0 spiro atoms. The van der Waals surface area contributed by atoms with Gasteiger partial charge in [0, 0.05) is 37.9 Å². The van der Waals surface area contributed by atoms with E-state index in [0.717, 1.165) is 25.3 Å². The lowest BCUT2D eigenvalue weighted by molar-refractivity contribution is -0.479. The number of quaternary nitrogens is 1. The summed E-state index contributed by atoms with van der Waals surface area (Å²) in [6.07, 6.45) is 2.70. The van der Waals surface area contributed by atoms with Crippen molar-refractivity contribution in [1.29, 1.82) is 0 Å². The van der Waals surface area contributed by atoms with Gasteiger partial charge in [0.25, 0.3) is 5.91 Å². The minimum Gasteiger partial charge on any atom is -0.477 e. The van der Waals surface area contributed by atoms with Crippen molar-refractivity contribution in [2.45, 2.75) is 40.5 Å². The smallest absolute Gasteiger partial charge is 0.365 e. The molecule has 3 rings (SSSR count). The van der Waals surface area contributed by atoms with Crippen molar-refractivity contribution >= 4 is 35.0 Å². The molecular formula is C29H40ClN6O4+. The lowest BCUT2D eigenvalue weighted by Gasteiger charge is -2.30. The van der Waals surface area contributed by atoms with Crippen molar-refractivity contribution < 1.29 is 24.4 Å². The molecule has 1 saturated heterocycles. The molecule has 3 amide bonds. The van der Waals surface area contributed by atoms with E-state index in [0.29, 0.717) is 23.9 Å². The molecule has 0 unspecified atom stereocenters. The average Bonchev–Trinajstić information content (AvgIpc) is 2.88. The largest absolute Gasteiger partial charge is 0.477 e. The van der Waals surface area contributed by atoms with Gasteiger partial charge >= 0.3 is 5.91 Å². The first-order valence-corrected chi connectivity index (χ1v) is 13.9. The number of carbonyl (C=O) groups is 3. The normalized spacial score (nSPS) is 14.0. The zero-order valence-corrected chi connectivity index (χ0v) is 24.4. The monoisotopic (exact) mass is 571 g/mol. The Hall–Kier alpha value is -3.47. The zero-order chi connectivity index (χ0) is 29.1. The number of primary amides is 1. The number of benzene rings is 1. The number of hydrogen-bond donors (Lipinski definition) is 4. The Balaban J connectivity index is 1.64. The van der Waals surface area contributed by atoms with Gasteiger partial charge in [0.2, 0.25) is 11.8 Å². The predicted molar refractivity (Wildman–Crippen MR) is 154 cm³/mol. The SMILES string of the molecule is CCOc1ncc(Cl)cc1C(=O)NCC(C)(C)CC(=O)N/C(C(=O)[NH2+]c1ccccc1)=C(\C)NCCN1CCC1. The number of nitrogens with zero attached hydrogens (tertiary/aromatic N) is 2. The maximum atomic E-state index is 13.2. The van der Waals surface area contributed by atoms with Crippen LogP contribution in [0.25, 0.3) is 0 Å². The summed E-state index contributed by atoms with van der Waals surface area (Å²) < 4.78 is 5.45. The number of rotatable bonds is 14. The number of para-hydroxylation sites is 1. The van der Waals surface area contributed by atoms with Gasteiger partial charge in [0.1, 0.15) is 11.3 Å². The Morgan fingerprint density at radius 1 is 1.15 bits per heavy atom. The van der Waals surface area contributed by atoms with Gasteiger partial charge in [-0.3, -0.25) is 9.59 Å². The van der Waals surface area contributed by atoms with Gasteiger partial charge in [-0.2, -0.15) is 0 Å². The summed E-state index contributed by atoms with van der Waals surface area (Å²) in [5.74, 6) is -0.828. The van der Waals surface area contributed by atoms with Crippen LogP contribution in [0.3, 0.4) is 0 Å². The van der Waals surface area contributed by atoms with E-state index in [1.165, 1.54) is 24.0 Å². The first kappa shape index (κ1) is 31.1. The Labute approximate surface area is 240 Å². The summed E-state index contributed by atoms with van der Waals surface area (Å²) in [7, 11) is 0. The molecule has 1 aliphatic rings. The summed E-state index contributed by atoms with van der Waals surface area (Å²) in [5.41, 5.74) is 1.17. The molecule has 1 aliphatic heterocycles. The minimum absolute atomic E-state index is 0.0720. The fourth-order valence-electron chi connectivity index (χ4n) is 4.14. The van der Waals surface area contributed by atoms with Crippen molar-refractivity contribution in [3.8, 4) is 5.88 Å². The highest BCUT2D eigenvalue weighted by molar-refractivity contribution is 6.30. The topological polar surface area (TPSA) is 129 Å². The van der Waals surface area contributed by atoms with Crippen LogP contribution < -0.4 is 26.0 Å². The number of ether oxygens (including phenoxy) is 1. The molecule has 0 bridgehead atoms. The third-order valence-corrected chi connectivity index (χ3v) is 6.67. The second kappa shape index (κ2) is 14.8. The van der Waals surface area contributed by atoms with E-state index in [2.05, 4.69) is 25.8 Å². The molecule has 0 saturated carbocycles. The van der Waals surface area contributed by atoms with Crippen LogP contribution in [0.2, 0.25) is 5.02 Å². The Morgan fingerprint density at radius 3 is 2.52 bits per heavy atom. The van der Waals surface area contributed by atoms with Crippen molar-refractivity contribution in [3.63, 3.8) is 0 Å². The first-order valence-electron chi connectivity index (χ1n) is 13.6. The number of pyridine rings is 1. The van der Waals surface area contributed by atoms with Crippen molar-refractivity contribution in [2.75, 3.05) is 39.3 Å². The Kier molecular flexibility index (Phi) is 11.5. The second-order valence-corrected chi connectivity index (χ2v) is 11.0. The molecule has 1 aromatic carbocycles. The molecule has 1 fully saturated rings. The Bertz CT molecular complexity index is 1210. The third-order valence-electron chi connectivity index (χ3n) is 6.46. The second-order valence-electron chi connectivity index (χ2n) is 10.6. The first-order chi connectivity index (χ1) is 19.1. The van der Waals surface area contributed by atoms with E-state index in [4.69, 9.17) is 16.3 Å². The van der Waals surface area contributed by atoms with Gasteiger partial charge in [-0.1, -0.05) is 43.6 Å². The molecule has 1 aromatic heterocycles. The molecule has 40 heavy (non-hydrogen) atoms. The molecule has 0 atom stereocenters. The molecule has 216 valence electrons. The number of hydrogen-bond acceptors (Lipinski definition) is 7. The number of aromatic nitrogens is 1. The average molecular weight is 572 g/mol. The fraction of sp³-hybridized carbons (Fsp3) is 0.448. The summed E-state index contributed by atoms with van der Waals surface area (Å²) in [5, 5.41) is 10.8. The number of nitrogens with two attached hydrogens (primary N) is 1. The van der Waals surface area contributed by atoms with E-state index >= 15 is 0 Å². The van der Waals surface area contributed by atoms with Crippen LogP contribution in [0, 0.1) is 5.41 Å². The highest BCUT2D eigenvalue weighted by Crippen LogP contribution is 2.22. The van der Waals surface area contributed by atoms with E-state index in [1.54, 1.807) is 13.8 Å².